The molecule has 0 aromatic heterocycles. The summed E-state index contributed by atoms with van der Waals surface area (Å²) in [6.07, 6.45) is 15.4. The molecule has 0 amide bonds. The van der Waals surface area contributed by atoms with Gasteiger partial charge in [0.05, 0.1) is 0 Å². The number of fused-ring (bicyclic) bond motifs is 2. The lowest BCUT2D eigenvalue weighted by atomic mass is 9.85. The molecule has 4 aromatic rings. The van der Waals surface area contributed by atoms with Crippen LogP contribution in [0.2, 0.25) is 0 Å². The van der Waals surface area contributed by atoms with Gasteiger partial charge < -0.3 is 4.79 Å². The Morgan fingerprint density at radius 1 is 0.527 bits per heavy atom. The first-order valence-electron chi connectivity index (χ1n) is 20.7. The molecule has 0 spiro atoms. The van der Waals surface area contributed by atoms with Crippen LogP contribution in [0.5, 0.6) is 0 Å². The second kappa shape index (κ2) is 16.0. The molecule has 0 heterocycles. The van der Waals surface area contributed by atoms with Crippen molar-refractivity contribution in [3.8, 4) is 22.3 Å². The summed E-state index contributed by atoms with van der Waals surface area (Å²) >= 11 is 0. The summed E-state index contributed by atoms with van der Waals surface area (Å²) in [5.41, 5.74) is 13.4. The van der Waals surface area contributed by atoms with Gasteiger partial charge in [-0.3, -0.25) is 9.59 Å². The van der Waals surface area contributed by atoms with Crippen LogP contribution < -0.4 is 0 Å². The smallest absolute Gasteiger partial charge is 0.189 e. The summed E-state index contributed by atoms with van der Waals surface area (Å²) in [5.74, 6) is 0.527. The van der Waals surface area contributed by atoms with Crippen LogP contribution in [0.1, 0.15) is 156 Å². The van der Waals surface area contributed by atoms with E-state index in [-0.39, 0.29) is 33.2 Å². The highest BCUT2D eigenvalue weighted by Gasteiger charge is 2.33. The van der Waals surface area contributed by atoms with Gasteiger partial charge >= 0.3 is 0 Å². The van der Waals surface area contributed by atoms with Crippen molar-refractivity contribution in [2.24, 2.45) is 10.8 Å². The summed E-state index contributed by atoms with van der Waals surface area (Å²) in [6.45, 7) is 17.7. The number of hydrogen-bond donors (Lipinski definition) is 0. The average Bonchev–Trinajstić information content (AvgIpc) is 3.96. The van der Waals surface area contributed by atoms with E-state index in [1.54, 1.807) is 0 Å². The van der Waals surface area contributed by atoms with E-state index in [0.29, 0.717) is 6.42 Å². The Balaban J connectivity index is 0.000000160. The molecule has 3 heteroatoms. The number of allylic oxidation sites excluding steroid dienone is 2. The molecule has 55 heavy (non-hydrogen) atoms. The monoisotopic (exact) mass is 734 g/mol. The van der Waals surface area contributed by atoms with E-state index in [2.05, 4.69) is 115 Å². The van der Waals surface area contributed by atoms with Crippen molar-refractivity contribution in [2.75, 3.05) is 0 Å². The highest BCUT2D eigenvalue weighted by molar-refractivity contribution is 6.14. The minimum Gasteiger partial charge on any atom is -0.303 e. The molecule has 2 saturated carbocycles. The lowest BCUT2D eigenvalue weighted by molar-refractivity contribution is -0.115. The number of carbonyl (C=O) groups excluding carboxylic acids is 3. The Hall–Kier alpha value is -4.37. The van der Waals surface area contributed by atoms with Crippen LogP contribution in [-0.2, 0) is 28.5 Å². The van der Waals surface area contributed by atoms with E-state index < -0.39 is 0 Å². The Morgan fingerprint density at radius 2 is 0.964 bits per heavy atom. The number of carbonyl (C=O) groups is 3. The standard InChI is InChI=1S/C26H30O.C19H20O.C7H12O/c1-25(2,3)20-12-10-18(11-13-20)21-8-7-9-22-23(21)16-19(24(22)27)17-26(4)14-5-6-15-26;1-19(2,3)14-9-7-13(8-10-14)15-5-4-6-17-16(15)11-12-18(17)20;1-7(6-8)4-2-3-5-7/h7-13,17H,5-6,14-16H2,1-4H3;4-10H,11-12H2,1-3H3;6H,2-5H2,1H3/b19-17+;;. The topological polar surface area (TPSA) is 51.2 Å². The zero-order valence-corrected chi connectivity index (χ0v) is 34.7. The van der Waals surface area contributed by atoms with Gasteiger partial charge in [-0.25, -0.2) is 0 Å². The largest absolute Gasteiger partial charge is 0.303 e. The van der Waals surface area contributed by atoms with Gasteiger partial charge in [0, 0.05) is 35.0 Å². The summed E-state index contributed by atoms with van der Waals surface area (Å²) in [6, 6.07) is 29.9. The highest BCUT2D eigenvalue weighted by atomic mass is 16.1. The van der Waals surface area contributed by atoms with Crippen molar-refractivity contribution in [1.29, 1.82) is 0 Å². The molecule has 0 bridgehead atoms. The van der Waals surface area contributed by atoms with E-state index in [1.807, 2.05) is 31.2 Å². The van der Waals surface area contributed by atoms with E-state index >= 15 is 0 Å². The van der Waals surface area contributed by atoms with Crippen LogP contribution in [0.4, 0.5) is 0 Å². The molecule has 4 aliphatic carbocycles. The van der Waals surface area contributed by atoms with Gasteiger partial charge in [0.25, 0.3) is 0 Å². The molecule has 0 N–H and O–H groups in total. The Kier molecular flexibility index (Phi) is 11.7. The lowest BCUT2D eigenvalue weighted by Gasteiger charge is -2.19. The van der Waals surface area contributed by atoms with E-state index in [0.717, 1.165) is 48.7 Å². The predicted octanol–water partition coefficient (Wildman–Crippen LogP) is 13.4. The number of benzene rings is 4. The summed E-state index contributed by atoms with van der Waals surface area (Å²) in [4.78, 5) is 35.2. The Labute approximate surface area is 331 Å². The van der Waals surface area contributed by atoms with E-state index in [4.69, 9.17) is 0 Å². The third-order valence-electron chi connectivity index (χ3n) is 12.6. The third kappa shape index (κ3) is 9.20. The van der Waals surface area contributed by atoms with Gasteiger partial charge in [-0.1, -0.05) is 172 Å². The fourth-order valence-electron chi connectivity index (χ4n) is 8.93. The lowest BCUT2D eigenvalue weighted by Crippen LogP contribution is -2.11. The van der Waals surface area contributed by atoms with Crippen molar-refractivity contribution >= 4 is 17.9 Å². The molecule has 3 nitrogen and oxygen atoms in total. The zero-order chi connectivity index (χ0) is 39.6. The molecule has 288 valence electrons. The number of ketones is 2. The SMILES string of the molecule is CC(C)(C)c1ccc(-c2cccc3c2CCC3=O)cc1.CC1(/C=C2\Cc3c(cccc3-c3ccc(C(C)(C)C)cc3)C2=O)CCCC1.CC1(C=O)CCCC1. The summed E-state index contributed by atoms with van der Waals surface area (Å²) in [5, 5.41) is 0. The third-order valence-corrected chi connectivity index (χ3v) is 12.6. The first-order valence-corrected chi connectivity index (χ1v) is 20.7. The van der Waals surface area contributed by atoms with Crippen LogP contribution in [0.25, 0.3) is 22.3 Å². The molecule has 0 aliphatic heterocycles. The zero-order valence-electron chi connectivity index (χ0n) is 34.7. The normalized spacial score (nSPS) is 18.9. The highest BCUT2D eigenvalue weighted by Crippen LogP contribution is 2.43. The fraction of sp³-hybridized carbons (Fsp3) is 0.442. The van der Waals surface area contributed by atoms with E-state index in [1.165, 1.54) is 83.0 Å². The van der Waals surface area contributed by atoms with Crippen molar-refractivity contribution in [2.45, 2.75) is 137 Å². The van der Waals surface area contributed by atoms with Gasteiger partial charge in [-0.15, -0.1) is 0 Å². The minimum absolute atomic E-state index is 0.0556. The summed E-state index contributed by atoms with van der Waals surface area (Å²) in [7, 11) is 0. The van der Waals surface area contributed by atoms with Crippen LogP contribution in [0.3, 0.4) is 0 Å². The molecule has 0 saturated heterocycles. The predicted molar refractivity (Wildman–Crippen MR) is 229 cm³/mol. The quantitative estimate of drug-likeness (QED) is 0.155. The van der Waals surface area contributed by atoms with Crippen molar-refractivity contribution in [3.63, 3.8) is 0 Å². The maximum absolute atomic E-state index is 13.0. The molecule has 0 unspecified atom stereocenters. The van der Waals surface area contributed by atoms with Gasteiger partial charge in [-0.2, -0.15) is 0 Å². The molecule has 4 aromatic carbocycles. The van der Waals surface area contributed by atoms with Crippen LogP contribution in [-0.4, -0.2) is 17.9 Å². The van der Waals surface area contributed by atoms with Crippen LogP contribution in [0, 0.1) is 10.8 Å². The van der Waals surface area contributed by atoms with Crippen LogP contribution >= 0.6 is 0 Å². The van der Waals surface area contributed by atoms with Crippen LogP contribution in [0.15, 0.2) is 96.6 Å². The van der Waals surface area contributed by atoms with E-state index in [9.17, 15) is 14.4 Å². The first-order chi connectivity index (χ1) is 26.0. The first kappa shape index (κ1) is 40.3. The van der Waals surface area contributed by atoms with Crippen molar-refractivity contribution in [3.05, 3.63) is 130 Å². The fourth-order valence-corrected chi connectivity index (χ4v) is 8.93. The van der Waals surface area contributed by atoms with Gasteiger partial charge in [0.1, 0.15) is 6.29 Å². The second-order valence-electron chi connectivity index (χ2n) is 19.3. The second-order valence-corrected chi connectivity index (χ2v) is 19.3. The number of Topliss-reactive ketones (excluding diaryl/α,β-unsaturated/α-hetero) is 2. The average molecular weight is 735 g/mol. The maximum atomic E-state index is 13.0. The van der Waals surface area contributed by atoms with Crippen molar-refractivity contribution < 1.29 is 14.4 Å². The van der Waals surface area contributed by atoms with Gasteiger partial charge in [-0.05, 0) is 92.9 Å². The molecule has 4 aliphatic rings. The maximum Gasteiger partial charge on any atom is 0.189 e. The molecular formula is C52H62O3. The molecule has 0 atom stereocenters. The summed E-state index contributed by atoms with van der Waals surface area (Å²) < 4.78 is 0. The number of rotatable bonds is 4. The van der Waals surface area contributed by atoms with Crippen molar-refractivity contribution in [1.82, 2.24) is 0 Å². The molecular weight excluding hydrogens is 673 g/mol. The Morgan fingerprint density at radius 3 is 1.42 bits per heavy atom. The molecule has 0 radical (unpaired) electrons. The molecule has 2 fully saturated rings. The minimum atomic E-state index is 0.0556. The number of hydrogen-bond acceptors (Lipinski definition) is 3. The van der Waals surface area contributed by atoms with Gasteiger partial charge in [0.15, 0.2) is 11.6 Å². The number of aldehydes is 1. The van der Waals surface area contributed by atoms with Gasteiger partial charge in [0.2, 0.25) is 0 Å². The molecule has 8 rings (SSSR count). The Bertz CT molecular complexity index is 2050.